The van der Waals surface area contributed by atoms with E-state index in [2.05, 4.69) is 0 Å². The van der Waals surface area contributed by atoms with E-state index >= 15 is 0 Å². The Hall–Kier alpha value is -0.540. The summed E-state index contributed by atoms with van der Waals surface area (Å²) in [6, 6.07) is 7.33. The molecule has 2 rings (SSSR count). The highest BCUT2D eigenvalue weighted by Crippen LogP contribution is 2.41. The fraction of sp³-hybridized carbons (Fsp3) is 0.0769. The number of hydrogen-bond donors (Lipinski definition) is 0. The van der Waals surface area contributed by atoms with Gasteiger partial charge in [0.25, 0.3) is 6.43 Å². The standard InChI is InChI=1S/C13H6Cl4F2/c14-6-4-9(12(17)10(15)5-6)7-2-1-3-8(11(7)16)13(18)19/h1-5,13H. The van der Waals surface area contributed by atoms with Crippen molar-refractivity contribution in [2.24, 2.45) is 0 Å². The van der Waals surface area contributed by atoms with Crippen LogP contribution in [0, 0.1) is 0 Å². The van der Waals surface area contributed by atoms with E-state index in [4.69, 9.17) is 46.4 Å². The van der Waals surface area contributed by atoms with Gasteiger partial charge in [0.2, 0.25) is 0 Å². The third-order valence-corrected chi connectivity index (χ3v) is 3.99. The molecule has 0 aliphatic heterocycles. The van der Waals surface area contributed by atoms with Gasteiger partial charge in [-0.2, -0.15) is 0 Å². The Kier molecular flexibility index (Phi) is 4.57. The van der Waals surface area contributed by atoms with Crippen molar-refractivity contribution in [1.29, 1.82) is 0 Å². The largest absolute Gasteiger partial charge is 0.265 e. The zero-order valence-electron chi connectivity index (χ0n) is 9.23. The minimum atomic E-state index is -2.67. The van der Waals surface area contributed by atoms with Crippen LogP contribution in [0.2, 0.25) is 20.1 Å². The van der Waals surface area contributed by atoms with E-state index in [9.17, 15) is 8.78 Å². The molecule has 0 spiro atoms. The Bertz CT molecular complexity index is 626. The lowest BCUT2D eigenvalue weighted by atomic mass is 10.0. The van der Waals surface area contributed by atoms with Crippen molar-refractivity contribution in [1.82, 2.24) is 0 Å². The van der Waals surface area contributed by atoms with Crippen LogP contribution >= 0.6 is 46.4 Å². The third-order valence-electron chi connectivity index (χ3n) is 2.55. The molecule has 2 aromatic rings. The summed E-state index contributed by atoms with van der Waals surface area (Å²) in [5, 5.41) is 0.753. The Morgan fingerprint density at radius 3 is 2.16 bits per heavy atom. The maximum Gasteiger partial charge on any atom is 0.265 e. The van der Waals surface area contributed by atoms with Gasteiger partial charge in [-0.25, -0.2) is 8.78 Å². The Morgan fingerprint density at radius 2 is 1.53 bits per heavy atom. The first-order chi connectivity index (χ1) is 8.91. The van der Waals surface area contributed by atoms with Crippen molar-refractivity contribution in [2.45, 2.75) is 6.43 Å². The molecule has 0 N–H and O–H groups in total. The molecule has 0 bridgehead atoms. The zero-order valence-corrected chi connectivity index (χ0v) is 12.3. The van der Waals surface area contributed by atoms with Gasteiger partial charge in [0.1, 0.15) is 0 Å². The molecule has 0 radical (unpaired) electrons. The second-order valence-electron chi connectivity index (χ2n) is 3.76. The topological polar surface area (TPSA) is 0 Å². The van der Waals surface area contributed by atoms with Crippen LogP contribution < -0.4 is 0 Å². The average molecular weight is 342 g/mol. The van der Waals surface area contributed by atoms with Crippen molar-refractivity contribution < 1.29 is 8.78 Å². The van der Waals surface area contributed by atoms with Gasteiger partial charge in [-0.1, -0.05) is 64.6 Å². The van der Waals surface area contributed by atoms with Crippen molar-refractivity contribution in [2.75, 3.05) is 0 Å². The first-order valence-corrected chi connectivity index (χ1v) is 6.64. The normalized spacial score (nSPS) is 11.1. The predicted molar refractivity (Wildman–Crippen MR) is 76.9 cm³/mol. The second kappa shape index (κ2) is 5.84. The fourth-order valence-electron chi connectivity index (χ4n) is 1.68. The van der Waals surface area contributed by atoms with E-state index in [1.807, 2.05) is 0 Å². The van der Waals surface area contributed by atoms with Gasteiger partial charge in [-0.05, 0) is 12.1 Å². The van der Waals surface area contributed by atoms with E-state index in [-0.39, 0.29) is 20.6 Å². The van der Waals surface area contributed by atoms with Gasteiger partial charge in [0.15, 0.2) is 0 Å². The molecule has 2 aromatic carbocycles. The molecule has 0 aliphatic rings. The summed E-state index contributed by atoms with van der Waals surface area (Å²) >= 11 is 23.9. The Labute approximate surface area is 128 Å². The molecule has 0 heterocycles. The monoisotopic (exact) mass is 340 g/mol. The summed E-state index contributed by atoms with van der Waals surface area (Å²) in [4.78, 5) is 0. The number of halogens is 6. The van der Waals surface area contributed by atoms with E-state index in [1.165, 1.54) is 24.3 Å². The predicted octanol–water partition coefficient (Wildman–Crippen LogP) is 6.90. The van der Waals surface area contributed by atoms with Gasteiger partial charge in [0, 0.05) is 21.7 Å². The van der Waals surface area contributed by atoms with Gasteiger partial charge in [0.05, 0.1) is 15.1 Å². The molecule has 0 nitrogen and oxygen atoms in total. The van der Waals surface area contributed by atoms with Crippen LogP contribution in [0.5, 0.6) is 0 Å². The molecule has 19 heavy (non-hydrogen) atoms. The first-order valence-electron chi connectivity index (χ1n) is 5.13. The van der Waals surface area contributed by atoms with Gasteiger partial charge in [-0.15, -0.1) is 0 Å². The summed E-state index contributed by atoms with van der Waals surface area (Å²) in [6.07, 6.45) is -2.67. The molecule has 0 amide bonds. The van der Waals surface area contributed by atoms with E-state index in [0.29, 0.717) is 16.1 Å². The molecule has 6 heteroatoms. The summed E-state index contributed by atoms with van der Waals surface area (Å²) in [5.41, 5.74) is 0.534. The molecule has 0 atom stereocenters. The Balaban J connectivity index is 2.69. The maximum atomic E-state index is 12.8. The highest BCUT2D eigenvalue weighted by atomic mass is 35.5. The van der Waals surface area contributed by atoms with Crippen LogP contribution in [0.4, 0.5) is 8.78 Å². The van der Waals surface area contributed by atoms with E-state index in [1.54, 1.807) is 6.07 Å². The van der Waals surface area contributed by atoms with Crippen molar-refractivity contribution >= 4 is 46.4 Å². The molecule has 0 aliphatic carbocycles. The number of benzene rings is 2. The lowest BCUT2D eigenvalue weighted by Gasteiger charge is -2.12. The molecular formula is C13H6Cl4F2. The third kappa shape index (κ3) is 2.97. The molecular weight excluding hydrogens is 336 g/mol. The maximum absolute atomic E-state index is 12.8. The SMILES string of the molecule is FC(F)c1cccc(-c2cc(Cl)cc(Cl)c2Cl)c1Cl. The average Bonchev–Trinajstić information content (AvgIpc) is 2.34. The number of alkyl halides is 2. The second-order valence-corrected chi connectivity index (χ2v) is 5.36. The molecule has 0 aromatic heterocycles. The van der Waals surface area contributed by atoms with Gasteiger partial charge < -0.3 is 0 Å². The van der Waals surface area contributed by atoms with Crippen LogP contribution in [0.25, 0.3) is 11.1 Å². The fourth-order valence-corrected chi connectivity index (χ4v) is 2.69. The lowest BCUT2D eigenvalue weighted by Crippen LogP contribution is -1.90. The van der Waals surface area contributed by atoms with Crippen LogP contribution in [0.1, 0.15) is 12.0 Å². The molecule has 0 saturated heterocycles. The number of rotatable bonds is 2. The summed E-state index contributed by atoms with van der Waals surface area (Å²) in [6.45, 7) is 0. The molecule has 0 fully saturated rings. The van der Waals surface area contributed by atoms with Crippen LogP contribution in [-0.2, 0) is 0 Å². The van der Waals surface area contributed by atoms with Crippen LogP contribution in [0.15, 0.2) is 30.3 Å². The summed E-state index contributed by atoms with van der Waals surface area (Å²) < 4.78 is 25.6. The number of hydrogen-bond acceptors (Lipinski definition) is 0. The smallest absolute Gasteiger partial charge is 0.205 e. The lowest BCUT2D eigenvalue weighted by molar-refractivity contribution is 0.151. The highest BCUT2D eigenvalue weighted by Gasteiger charge is 2.18. The highest BCUT2D eigenvalue weighted by molar-refractivity contribution is 6.45. The molecule has 0 unspecified atom stereocenters. The minimum Gasteiger partial charge on any atom is -0.205 e. The van der Waals surface area contributed by atoms with Gasteiger partial charge in [-0.3, -0.25) is 0 Å². The van der Waals surface area contributed by atoms with Crippen molar-refractivity contribution in [3.05, 3.63) is 56.0 Å². The van der Waals surface area contributed by atoms with Crippen LogP contribution in [0.3, 0.4) is 0 Å². The summed E-state index contributed by atoms with van der Waals surface area (Å²) in [5.74, 6) is 0. The van der Waals surface area contributed by atoms with E-state index in [0.717, 1.165) is 0 Å². The zero-order chi connectivity index (χ0) is 14.2. The molecule has 100 valence electrons. The van der Waals surface area contributed by atoms with Crippen LogP contribution in [-0.4, -0.2) is 0 Å². The summed E-state index contributed by atoms with van der Waals surface area (Å²) in [7, 11) is 0. The first kappa shape index (κ1) is 14.9. The minimum absolute atomic E-state index is 0.0577. The molecule has 0 saturated carbocycles. The quantitative estimate of drug-likeness (QED) is 0.521. The van der Waals surface area contributed by atoms with E-state index < -0.39 is 6.43 Å². The Morgan fingerprint density at radius 1 is 0.842 bits per heavy atom. The van der Waals surface area contributed by atoms with Gasteiger partial charge >= 0.3 is 0 Å². The van der Waals surface area contributed by atoms with Crippen molar-refractivity contribution in [3.8, 4) is 11.1 Å². The van der Waals surface area contributed by atoms with Crippen molar-refractivity contribution in [3.63, 3.8) is 0 Å².